The maximum atomic E-state index is 13.2. The van der Waals surface area contributed by atoms with Crippen LogP contribution in [0, 0.1) is 0 Å². The van der Waals surface area contributed by atoms with Crippen molar-refractivity contribution in [2.75, 3.05) is 6.54 Å². The Morgan fingerprint density at radius 1 is 1.19 bits per heavy atom. The first-order chi connectivity index (χ1) is 12.1. The molecular weight excluding hydrogens is 348 g/mol. The zero-order valence-electron chi connectivity index (χ0n) is 16.2. The van der Waals surface area contributed by atoms with Crippen LogP contribution in [0.5, 0.6) is 0 Å². The van der Waals surface area contributed by atoms with Gasteiger partial charge in [-0.25, -0.2) is 8.42 Å². The summed E-state index contributed by atoms with van der Waals surface area (Å²) in [6.07, 6.45) is 1.58. The summed E-state index contributed by atoms with van der Waals surface area (Å²) in [5, 5.41) is 4.09. The van der Waals surface area contributed by atoms with Crippen LogP contribution in [0.2, 0.25) is 0 Å². The van der Waals surface area contributed by atoms with Gasteiger partial charge >= 0.3 is 0 Å². The molecule has 5 nitrogen and oxygen atoms in total. The first-order valence-electron chi connectivity index (χ1n) is 9.19. The quantitative estimate of drug-likeness (QED) is 0.781. The Labute approximate surface area is 156 Å². The molecule has 0 radical (unpaired) electrons. The number of nitrogens with zero attached hydrogens (tertiary/aromatic N) is 2. The first-order valence-corrected chi connectivity index (χ1v) is 10.6. The summed E-state index contributed by atoms with van der Waals surface area (Å²) < 4.78 is 33.4. The molecule has 0 aliphatic carbocycles. The van der Waals surface area contributed by atoms with Gasteiger partial charge in [0.1, 0.15) is 0 Å². The van der Waals surface area contributed by atoms with E-state index in [4.69, 9.17) is 4.52 Å². The van der Waals surface area contributed by atoms with E-state index < -0.39 is 10.0 Å². The molecule has 3 rings (SSSR count). The summed E-state index contributed by atoms with van der Waals surface area (Å²) in [4.78, 5) is 0.334. The van der Waals surface area contributed by atoms with Crippen molar-refractivity contribution < 1.29 is 12.9 Å². The van der Waals surface area contributed by atoms with Crippen LogP contribution in [-0.4, -0.2) is 24.4 Å². The van der Waals surface area contributed by atoms with E-state index >= 15 is 0 Å². The smallest absolute Gasteiger partial charge is 0.243 e. The Bertz CT molecular complexity index is 861. The van der Waals surface area contributed by atoms with Crippen LogP contribution < -0.4 is 0 Å². The van der Waals surface area contributed by atoms with Gasteiger partial charge in [0.15, 0.2) is 5.76 Å². The minimum Gasteiger partial charge on any atom is -0.359 e. The number of hydrogen-bond acceptors (Lipinski definition) is 4. The summed E-state index contributed by atoms with van der Waals surface area (Å²) in [5.74, 6) is 0.894. The highest BCUT2D eigenvalue weighted by Crippen LogP contribution is 2.37. The van der Waals surface area contributed by atoms with Gasteiger partial charge in [0.2, 0.25) is 10.0 Å². The molecule has 26 heavy (non-hydrogen) atoms. The van der Waals surface area contributed by atoms with Gasteiger partial charge in [0, 0.05) is 12.6 Å². The summed E-state index contributed by atoms with van der Waals surface area (Å²) in [6.45, 7) is 10.9. The van der Waals surface area contributed by atoms with E-state index in [0.29, 0.717) is 17.2 Å². The zero-order chi connectivity index (χ0) is 19.1. The molecule has 1 atom stereocenters. The highest BCUT2D eigenvalue weighted by atomic mass is 32.2. The second kappa shape index (κ2) is 6.82. The molecule has 0 amide bonds. The highest BCUT2D eigenvalue weighted by Gasteiger charge is 2.38. The van der Waals surface area contributed by atoms with Gasteiger partial charge in [-0.2, -0.15) is 4.31 Å². The Morgan fingerprint density at radius 2 is 1.85 bits per heavy atom. The molecule has 1 fully saturated rings. The standard InChI is InChI=1S/C20H28N2O3S/c1-14(2)17-13-19(25-21-17)18-7-6-12-22(18)26(23,24)16-10-8-15(9-11-16)20(3,4)5/h8-11,13-14,18H,6-7,12H2,1-5H3/t18-/m1/s1. The number of sulfonamides is 1. The third-order valence-corrected chi connectivity index (χ3v) is 6.92. The average Bonchev–Trinajstić information content (AvgIpc) is 3.23. The predicted octanol–water partition coefficient (Wildman–Crippen LogP) is 4.62. The van der Waals surface area contributed by atoms with Crippen LogP contribution in [0.15, 0.2) is 39.8 Å². The van der Waals surface area contributed by atoms with Crippen molar-refractivity contribution in [2.45, 2.75) is 69.7 Å². The molecule has 6 heteroatoms. The van der Waals surface area contributed by atoms with Crippen LogP contribution in [0.1, 0.15) is 76.4 Å². The van der Waals surface area contributed by atoms with Crippen molar-refractivity contribution in [3.05, 3.63) is 47.3 Å². The Morgan fingerprint density at radius 3 is 2.38 bits per heavy atom. The van der Waals surface area contributed by atoms with Crippen molar-refractivity contribution in [3.8, 4) is 0 Å². The van der Waals surface area contributed by atoms with Gasteiger partial charge in [0.25, 0.3) is 0 Å². The normalized spacial score (nSPS) is 19.4. The molecule has 0 spiro atoms. The van der Waals surface area contributed by atoms with Crippen LogP contribution >= 0.6 is 0 Å². The Balaban J connectivity index is 1.90. The molecule has 1 aliphatic heterocycles. The minimum absolute atomic E-state index is 0.00838. The summed E-state index contributed by atoms with van der Waals surface area (Å²) in [6, 6.07) is 8.86. The second-order valence-electron chi connectivity index (χ2n) is 8.36. The molecule has 1 aliphatic rings. The second-order valence-corrected chi connectivity index (χ2v) is 10.2. The van der Waals surface area contributed by atoms with E-state index in [0.717, 1.165) is 24.1 Å². The molecule has 0 bridgehead atoms. The maximum Gasteiger partial charge on any atom is 0.243 e. The molecule has 1 aromatic heterocycles. The highest BCUT2D eigenvalue weighted by molar-refractivity contribution is 7.89. The van der Waals surface area contributed by atoms with Gasteiger partial charge in [-0.1, -0.05) is 51.9 Å². The average molecular weight is 377 g/mol. The number of benzene rings is 1. The molecular formula is C20H28N2O3S. The number of rotatable bonds is 4. The van der Waals surface area contributed by atoms with Crippen LogP contribution in [0.3, 0.4) is 0 Å². The number of hydrogen-bond donors (Lipinski definition) is 0. The lowest BCUT2D eigenvalue weighted by atomic mass is 9.87. The molecule has 1 saturated heterocycles. The monoisotopic (exact) mass is 376 g/mol. The fourth-order valence-electron chi connectivity index (χ4n) is 3.31. The fraction of sp³-hybridized carbons (Fsp3) is 0.550. The maximum absolute atomic E-state index is 13.2. The van der Waals surface area contributed by atoms with Crippen molar-refractivity contribution in [2.24, 2.45) is 0 Å². The van der Waals surface area contributed by atoms with E-state index in [2.05, 4.69) is 25.9 Å². The lowest BCUT2D eigenvalue weighted by Gasteiger charge is -2.23. The molecule has 2 heterocycles. The van der Waals surface area contributed by atoms with Gasteiger partial charge in [-0.3, -0.25) is 0 Å². The largest absolute Gasteiger partial charge is 0.359 e. The van der Waals surface area contributed by atoms with Crippen molar-refractivity contribution in [1.82, 2.24) is 9.46 Å². The molecule has 0 unspecified atom stereocenters. The topological polar surface area (TPSA) is 63.4 Å². The first kappa shape index (κ1) is 19.1. The third kappa shape index (κ3) is 3.58. The van der Waals surface area contributed by atoms with Crippen molar-refractivity contribution in [3.63, 3.8) is 0 Å². The van der Waals surface area contributed by atoms with Gasteiger partial charge < -0.3 is 4.52 Å². The van der Waals surface area contributed by atoms with Crippen LogP contribution in [-0.2, 0) is 15.4 Å². The number of aromatic nitrogens is 1. The lowest BCUT2D eigenvalue weighted by molar-refractivity contribution is 0.295. The third-order valence-electron chi connectivity index (χ3n) is 5.00. The van der Waals surface area contributed by atoms with Gasteiger partial charge in [-0.15, -0.1) is 0 Å². The van der Waals surface area contributed by atoms with Crippen LogP contribution in [0.25, 0.3) is 0 Å². The van der Waals surface area contributed by atoms with E-state index in [-0.39, 0.29) is 17.4 Å². The summed E-state index contributed by atoms with van der Waals surface area (Å²) in [5.41, 5.74) is 1.97. The zero-order valence-corrected chi connectivity index (χ0v) is 17.0. The Hall–Kier alpha value is -1.66. The molecule has 2 aromatic rings. The Kier molecular flexibility index (Phi) is 5.01. The summed E-state index contributed by atoms with van der Waals surface area (Å²) >= 11 is 0. The molecule has 0 N–H and O–H groups in total. The van der Waals surface area contributed by atoms with Crippen molar-refractivity contribution >= 4 is 10.0 Å². The summed E-state index contributed by atoms with van der Waals surface area (Å²) in [7, 11) is -3.56. The minimum atomic E-state index is -3.56. The van der Waals surface area contributed by atoms with E-state index in [1.165, 1.54) is 0 Å². The van der Waals surface area contributed by atoms with Gasteiger partial charge in [0.05, 0.1) is 16.6 Å². The SMILES string of the molecule is CC(C)c1cc([C@H]2CCCN2S(=O)(=O)c2ccc(C(C)(C)C)cc2)on1. The van der Waals surface area contributed by atoms with Crippen molar-refractivity contribution in [1.29, 1.82) is 0 Å². The van der Waals surface area contributed by atoms with Crippen LogP contribution in [0.4, 0.5) is 0 Å². The van der Waals surface area contributed by atoms with E-state index in [9.17, 15) is 8.42 Å². The van der Waals surface area contributed by atoms with Gasteiger partial charge in [-0.05, 0) is 41.9 Å². The molecule has 0 saturated carbocycles. The fourth-order valence-corrected chi connectivity index (χ4v) is 4.97. The van der Waals surface area contributed by atoms with E-state index in [1.807, 2.05) is 32.0 Å². The lowest BCUT2D eigenvalue weighted by Crippen LogP contribution is -2.30. The molecule has 1 aromatic carbocycles. The molecule has 142 valence electrons. The predicted molar refractivity (Wildman–Crippen MR) is 102 cm³/mol. The van der Waals surface area contributed by atoms with E-state index in [1.54, 1.807) is 16.4 Å².